The van der Waals surface area contributed by atoms with Gasteiger partial charge in [-0.2, -0.15) is 4.98 Å². The molecule has 3 heterocycles. The minimum absolute atomic E-state index is 0.0225. The van der Waals surface area contributed by atoms with Crippen LogP contribution in [0.4, 0.5) is 23.1 Å². The number of nitrogens with one attached hydrogen (secondary N) is 2. The molecule has 4 N–H and O–H groups in total. The van der Waals surface area contributed by atoms with Crippen molar-refractivity contribution in [2.75, 3.05) is 28.6 Å². The molecule has 10 nitrogen and oxygen atoms in total. The number of nitrogens with zero attached hydrogens (tertiary/aromatic N) is 6. The van der Waals surface area contributed by atoms with Crippen LogP contribution in [-0.2, 0) is 5.41 Å². The van der Waals surface area contributed by atoms with Gasteiger partial charge in [0, 0.05) is 48.5 Å². The Hall–Kier alpha value is -4.60. The van der Waals surface area contributed by atoms with Crippen LogP contribution >= 0.6 is 0 Å². The number of hydrogen-bond donors (Lipinski definition) is 3. The molecule has 2 aromatic heterocycles. The van der Waals surface area contributed by atoms with Gasteiger partial charge < -0.3 is 21.3 Å². The first-order chi connectivity index (χ1) is 18.8. The standard InChI is InChI=1S/C29H33N9O/c1-29(2,3)20-10-12-21(13-11-20)33-23-9-5-16-38(18-23)28-35-27(24(25(30)39)36-37-28)34-22-8-4-7-19(17-22)26-31-14-6-15-32-26/h4,6-8,10-15,17,23,33H,5,9,16,18H2,1-3H3,(H2,30,39)(H,34,35,37)/t23-/m1/s1. The fourth-order valence-electron chi connectivity index (χ4n) is 4.60. The Labute approximate surface area is 228 Å². The quantitative estimate of drug-likeness (QED) is 0.319. The van der Waals surface area contributed by atoms with Crippen molar-refractivity contribution in [2.24, 2.45) is 5.73 Å². The number of hydrogen-bond acceptors (Lipinski definition) is 9. The van der Waals surface area contributed by atoms with Crippen LogP contribution in [0.1, 0.15) is 49.7 Å². The van der Waals surface area contributed by atoms with Crippen LogP contribution in [0.5, 0.6) is 0 Å². The molecule has 1 atom stereocenters. The summed E-state index contributed by atoms with van der Waals surface area (Å²) in [6, 6.07) is 18.1. The summed E-state index contributed by atoms with van der Waals surface area (Å²) >= 11 is 0. The van der Waals surface area contributed by atoms with E-state index in [-0.39, 0.29) is 23.0 Å². The molecule has 1 aliphatic rings. The van der Waals surface area contributed by atoms with Gasteiger partial charge in [0.05, 0.1) is 0 Å². The Bertz CT molecular complexity index is 1440. The summed E-state index contributed by atoms with van der Waals surface area (Å²) in [4.78, 5) is 27.5. The molecule has 0 radical (unpaired) electrons. The van der Waals surface area contributed by atoms with Crippen molar-refractivity contribution in [3.63, 3.8) is 0 Å². The molecule has 5 rings (SSSR count). The third-order valence-electron chi connectivity index (χ3n) is 6.68. The summed E-state index contributed by atoms with van der Waals surface area (Å²) < 4.78 is 0. The summed E-state index contributed by atoms with van der Waals surface area (Å²) in [5.74, 6) is 0.590. The van der Waals surface area contributed by atoms with E-state index in [0.29, 0.717) is 24.0 Å². The van der Waals surface area contributed by atoms with E-state index in [0.717, 1.165) is 30.6 Å². The van der Waals surface area contributed by atoms with Gasteiger partial charge in [-0.1, -0.05) is 45.0 Å². The lowest BCUT2D eigenvalue weighted by atomic mass is 9.87. The summed E-state index contributed by atoms with van der Waals surface area (Å²) in [6.07, 6.45) is 5.39. The number of benzene rings is 2. The van der Waals surface area contributed by atoms with Crippen LogP contribution in [-0.4, -0.2) is 50.2 Å². The van der Waals surface area contributed by atoms with Crippen LogP contribution in [0.15, 0.2) is 67.0 Å². The van der Waals surface area contributed by atoms with Crippen LogP contribution in [0.25, 0.3) is 11.4 Å². The Morgan fingerprint density at radius 3 is 2.49 bits per heavy atom. The normalized spacial score (nSPS) is 15.6. The van der Waals surface area contributed by atoms with Gasteiger partial charge in [-0.05, 0) is 54.2 Å². The first-order valence-corrected chi connectivity index (χ1v) is 13.1. The van der Waals surface area contributed by atoms with Crippen molar-refractivity contribution in [3.8, 4) is 11.4 Å². The molecule has 0 unspecified atom stereocenters. The van der Waals surface area contributed by atoms with Gasteiger partial charge in [0.15, 0.2) is 17.3 Å². The summed E-state index contributed by atoms with van der Waals surface area (Å²) in [6.45, 7) is 8.13. The Balaban J connectivity index is 1.33. The molecule has 1 fully saturated rings. The molecule has 39 heavy (non-hydrogen) atoms. The first-order valence-electron chi connectivity index (χ1n) is 13.1. The fraction of sp³-hybridized carbons (Fsp3) is 0.310. The van der Waals surface area contributed by atoms with E-state index in [1.165, 1.54) is 5.56 Å². The van der Waals surface area contributed by atoms with Crippen molar-refractivity contribution >= 4 is 29.0 Å². The number of carbonyl (C=O) groups excluding carboxylic acids is 1. The van der Waals surface area contributed by atoms with Gasteiger partial charge in [-0.15, -0.1) is 10.2 Å². The second-order valence-corrected chi connectivity index (χ2v) is 10.7. The summed E-state index contributed by atoms with van der Waals surface area (Å²) in [5.41, 5.74) is 9.60. The van der Waals surface area contributed by atoms with E-state index in [1.54, 1.807) is 18.5 Å². The summed E-state index contributed by atoms with van der Waals surface area (Å²) in [7, 11) is 0. The lowest BCUT2D eigenvalue weighted by Gasteiger charge is -2.33. The van der Waals surface area contributed by atoms with Crippen LogP contribution < -0.4 is 21.3 Å². The number of amides is 1. The highest BCUT2D eigenvalue weighted by atomic mass is 16.1. The van der Waals surface area contributed by atoms with E-state index >= 15 is 0 Å². The average molecular weight is 524 g/mol. The minimum Gasteiger partial charge on any atom is -0.381 e. The number of nitrogens with two attached hydrogens (primary N) is 1. The molecule has 0 saturated carbocycles. The van der Waals surface area contributed by atoms with Gasteiger partial charge in [-0.25, -0.2) is 9.97 Å². The van der Waals surface area contributed by atoms with Gasteiger partial charge in [0.2, 0.25) is 5.95 Å². The van der Waals surface area contributed by atoms with E-state index in [4.69, 9.17) is 5.73 Å². The highest BCUT2D eigenvalue weighted by Gasteiger charge is 2.24. The van der Waals surface area contributed by atoms with Gasteiger partial charge >= 0.3 is 0 Å². The highest BCUT2D eigenvalue weighted by Crippen LogP contribution is 2.27. The Kier molecular flexibility index (Phi) is 7.36. The van der Waals surface area contributed by atoms with Gasteiger partial charge in [-0.3, -0.25) is 4.79 Å². The van der Waals surface area contributed by atoms with E-state index in [2.05, 4.69) is 85.7 Å². The van der Waals surface area contributed by atoms with Crippen LogP contribution in [0.3, 0.4) is 0 Å². The summed E-state index contributed by atoms with van der Waals surface area (Å²) in [5, 5.41) is 15.2. The fourth-order valence-corrected chi connectivity index (χ4v) is 4.60. The maximum absolute atomic E-state index is 12.1. The smallest absolute Gasteiger partial charge is 0.273 e. The molecule has 0 bridgehead atoms. The zero-order valence-electron chi connectivity index (χ0n) is 22.4. The minimum atomic E-state index is -0.705. The molecule has 1 amide bonds. The molecule has 2 aromatic carbocycles. The Morgan fingerprint density at radius 1 is 1.00 bits per heavy atom. The monoisotopic (exact) mass is 523 g/mol. The predicted octanol–water partition coefficient (Wildman–Crippen LogP) is 4.55. The number of rotatable bonds is 7. The Morgan fingerprint density at radius 2 is 1.77 bits per heavy atom. The molecule has 1 saturated heterocycles. The topological polar surface area (TPSA) is 135 Å². The third-order valence-corrected chi connectivity index (χ3v) is 6.68. The highest BCUT2D eigenvalue weighted by molar-refractivity contribution is 5.96. The molecular weight excluding hydrogens is 490 g/mol. The van der Waals surface area contributed by atoms with E-state index < -0.39 is 5.91 Å². The van der Waals surface area contributed by atoms with Crippen molar-refractivity contribution in [1.82, 2.24) is 25.1 Å². The number of anilines is 4. The second-order valence-electron chi connectivity index (χ2n) is 10.7. The van der Waals surface area contributed by atoms with Crippen LogP contribution in [0, 0.1) is 0 Å². The lowest BCUT2D eigenvalue weighted by molar-refractivity contribution is 0.0995. The predicted molar refractivity (Wildman–Crippen MR) is 153 cm³/mol. The maximum Gasteiger partial charge on any atom is 0.273 e. The molecule has 4 aromatic rings. The molecule has 10 heteroatoms. The molecular formula is C29H33N9O. The number of carbonyl (C=O) groups is 1. The SMILES string of the molecule is CC(C)(C)c1ccc(N[C@@H]2CCCN(c3nnc(C(N)=O)c(Nc4cccc(-c5ncccn5)c4)n3)C2)cc1. The van der Waals surface area contributed by atoms with Gasteiger partial charge in [0.25, 0.3) is 5.91 Å². The van der Waals surface area contributed by atoms with E-state index in [1.807, 2.05) is 24.3 Å². The van der Waals surface area contributed by atoms with Gasteiger partial charge in [0.1, 0.15) is 0 Å². The molecule has 0 aliphatic carbocycles. The number of aromatic nitrogens is 5. The molecule has 0 spiro atoms. The van der Waals surface area contributed by atoms with Crippen molar-refractivity contribution in [3.05, 3.63) is 78.2 Å². The molecule has 200 valence electrons. The molecule has 1 aliphatic heterocycles. The maximum atomic E-state index is 12.1. The van der Waals surface area contributed by atoms with E-state index in [9.17, 15) is 4.79 Å². The zero-order chi connectivity index (χ0) is 27.4. The lowest BCUT2D eigenvalue weighted by Crippen LogP contribution is -2.43. The largest absolute Gasteiger partial charge is 0.381 e. The first kappa shape index (κ1) is 26.0. The second kappa shape index (κ2) is 11.0. The van der Waals surface area contributed by atoms with Crippen molar-refractivity contribution < 1.29 is 4.79 Å². The third kappa shape index (κ3) is 6.28. The van der Waals surface area contributed by atoms with Crippen LogP contribution in [0.2, 0.25) is 0 Å². The zero-order valence-corrected chi connectivity index (χ0v) is 22.4. The van der Waals surface area contributed by atoms with Crippen molar-refractivity contribution in [1.29, 1.82) is 0 Å². The number of primary amides is 1. The average Bonchev–Trinajstić information content (AvgIpc) is 2.93. The number of piperidine rings is 1. The van der Waals surface area contributed by atoms with Crippen molar-refractivity contribution in [2.45, 2.75) is 45.1 Å².